The van der Waals surface area contributed by atoms with Crippen molar-refractivity contribution in [3.8, 4) is 5.82 Å². The Morgan fingerprint density at radius 1 is 1.04 bits per heavy atom. The minimum absolute atomic E-state index is 0.0579. The molecular weight excluding hydrogens is 326 g/mol. The van der Waals surface area contributed by atoms with Crippen molar-refractivity contribution >= 4 is 11.7 Å². The number of carbonyl (C=O) groups is 1. The fourth-order valence-electron chi connectivity index (χ4n) is 2.65. The number of nitrogens with one attached hydrogen (secondary N) is 2. The average molecular weight is 349 g/mol. The first-order valence-corrected chi connectivity index (χ1v) is 8.74. The van der Waals surface area contributed by atoms with Gasteiger partial charge in [-0.15, -0.1) is 0 Å². The third-order valence-electron chi connectivity index (χ3n) is 3.93. The molecule has 2 heterocycles. The van der Waals surface area contributed by atoms with E-state index in [1.165, 1.54) is 5.56 Å². The summed E-state index contributed by atoms with van der Waals surface area (Å²) >= 11 is 0. The van der Waals surface area contributed by atoms with Gasteiger partial charge in [-0.25, -0.2) is 9.97 Å². The summed E-state index contributed by atoms with van der Waals surface area (Å²) < 4.78 is 1.94. The topological polar surface area (TPSA) is 71.8 Å². The number of hydrogen-bond acceptors (Lipinski definition) is 4. The summed E-state index contributed by atoms with van der Waals surface area (Å²) in [7, 11) is 0. The normalized spacial score (nSPS) is 10.5. The highest BCUT2D eigenvalue weighted by molar-refractivity contribution is 5.76. The van der Waals surface area contributed by atoms with Crippen LogP contribution >= 0.6 is 0 Å². The van der Waals surface area contributed by atoms with E-state index in [2.05, 4.69) is 20.6 Å². The van der Waals surface area contributed by atoms with Crippen molar-refractivity contribution in [1.82, 2.24) is 19.9 Å². The number of aryl methyl sites for hydroxylation is 2. The number of carbonyl (C=O) groups excluding carboxylic acids is 1. The van der Waals surface area contributed by atoms with E-state index in [0.717, 1.165) is 18.1 Å². The van der Waals surface area contributed by atoms with E-state index < -0.39 is 0 Å². The van der Waals surface area contributed by atoms with Gasteiger partial charge in [0.05, 0.1) is 0 Å². The van der Waals surface area contributed by atoms with Crippen LogP contribution in [0.25, 0.3) is 5.82 Å². The maximum atomic E-state index is 11.9. The molecule has 134 valence electrons. The minimum atomic E-state index is 0.0579. The molecule has 0 atom stereocenters. The SMILES string of the molecule is Cc1nc(NCCNC(=O)CCc2ccccc2)cc(-n2cccc2)n1. The Hall–Kier alpha value is -3.15. The van der Waals surface area contributed by atoms with Gasteiger partial charge in [0, 0.05) is 38.0 Å². The van der Waals surface area contributed by atoms with E-state index >= 15 is 0 Å². The van der Waals surface area contributed by atoms with E-state index in [-0.39, 0.29) is 5.91 Å². The summed E-state index contributed by atoms with van der Waals surface area (Å²) in [6.07, 6.45) is 5.14. The molecule has 2 aromatic heterocycles. The molecule has 0 spiro atoms. The van der Waals surface area contributed by atoms with Crippen molar-refractivity contribution in [3.63, 3.8) is 0 Å². The second-order valence-electron chi connectivity index (χ2n) is 6.01. The van der Waals surface area contributed by atoms with E-state index in [1.54, 1.807) is 0 Å². The summed E-state index contributed by atoms with van der Waals surface area (Å²) in [6, 6.07) is 15.8. The molecule has 2 N–H and O–H groups in total. The molecule has 26 heavy (non-hydrogen) atoms. The van der Waals surface area contributed by atoms with Crippen LogP contribution < -0.4 is 10.6 Å². The zero-order chi connectivity index (χ0) is 18.2. The first-order chi connectivity index (χ1) is 12.7. The molecular formula is C20H23N5O. The number of amides is 1. The van der Waals surface area contributed by atoms with Gasteiger partial charge in [-0.1, -0.05) is 30.3 Å². The largest absolute Gasteiger partial charge is 0.368 e. The van der Waals surface area contributed by atoms with Gasteiger partial charge < -0.3 is 15.2 Å². The van der Waals surface area contributed by atoms with Crippen LogP contribution in [-0.4, -0.2) is 33.5 Å². The summed E-state index contributed by atoms with van der Waals surface area (Å²) in [5.41, 5.74) is 1.18. The minimum Gasteiger partial charge on any atom is -0.368 e. The van der Waals surface area contributed by atoms with E-state index in [9.17, 15) is 4.79 Å². The lowest BCUT2D eigenvalue weighted by molar-refractivity contribution is -0.120. The smallest absolute Gasteiger partial charge is 0.220 e. The molecule has 0 unspecified atom stereocenters. The number of benzene rings is 1. The van der Waals surface area contributed by atoms with Crippen molar-refractivity contribution in [2.45, 2.75) is 19.8 Å². The summed E-state index contributed by atoms with van der Waals surface area (Å²) in [6.45, 7) is 3.03. The van der Waals surface area contributed by atoms with Gasteiger partial charge in [0.25, 0.3) is 0 Å². The predicted octanol–water partition coefficient (Wildman–Crippen LogP) is 2.74. The molecule has 0 aliphatic rings. The second-order valence-corrected chi connectivity index (χ2v) is 6.01. The Morgan fingerprint density at radius 3 is 2.58 bits per heavy atom. The van der Waals surface area contributed by atoms with Crippen LogP contribution in [0.5, 0.6) is 0 Å². The lowest BCUT2D eigenvalue weighted by Gasteiger charge is -2.10. The van der Waals surface area contributed by atoms with E-state index in [1.807, 2.05) is 72.4 Å². The van der Waals surface area contributed by atoms with Crippen molar-refractivity contribution in [2.24, 2.45) is 0 Å². The van der Waals surface area contributed by atoms with Gasteiger partial charge in [0.2, 0.25) is 5.91 Å². The Balaban J connectivity index is 1.43. The zero-order valence-corrected chi connectivity index (χ0v) is 14.9. The van der Waals surface area contributed by atoms with Gasteiger partial charge in [0.1, 0.15) is 17.5 Å². The van der Waals surface area contributed by atoms with Gasteiger partial charge >= 0.3 is 0 Å². The maximum Gasteiger partial charge on any atom is 0.220 e. The molecule has 0 fully saturated rings. The molecule has 6 nitrogen and oxygen atoms in total. The summed E-state index contributed by atoms with van der Waals surface area (Å²) in [5.74, 6) is 2.32. The fourth-order valence-corrected chi connectivity index (χ4v) is 2.65. The van der Waals surface area contributed by atoms with Gasteiger partial charge in [-0.05, 0) is 31.0 Å². The number of hydrogen-bond donors (Lipinski definition) is 2. The van der Waals surface area contributed by atoms with E-state index in [4.69, 9.17) is 0 Å². The Morgan fingerprint density at radius 2 is 1.81 bits per heavy atom. The lowest BCUT2D eigenvalue weighted by Crippen LogP contribution is -2.29. The third-order valence-corrected chi connectivity index (χ3v) is 3.93. The second kappa shape index (κ2) is 8.80. The summed E-state index contributed by atoms with van der Waals surface area (Å²) in [5, 5.41) is 6.17. The lowest BCUT2D eigenvalue weighted by atomic mass is 10.1. The molecule has 3 aromatic rings. The van der Waals surface area contributed by atoms with Gasteiger partial charge in [-0.2, -0.15) is 0 Å². The van der Waals surface area contributed by atoms with Crippen LogP contribution in [0.1, 0.15) is 17.8 Å². The number of aromatic nitrogens is 3. The van der Waals surface area contributed by atoms with Crippen molar-refractivity contribution in [2.75, 3.05) is 18.4 Å². The molecule has 0 saturated carbocycles. The molecule has 1 amide bonds. The molecule has 6 heteroatoms. The number of nitrogens with zero attached hydrogens (tertiary/aromatic N) is 3. The number of anilines is 1. The first kappa shape index (κ1) is 17.7. The monoisotopic (exact) mass is 349 g/mol. The van der Waals surface area contributed by atoms with Gasteiger partial charge in [0.15, 0.2) is 0 Å². The van der Waals surface area contributed by atoms with Crippen LogP contribution in [-0.2, 0) is 11.2 Å². The molecule has 1 aromatic carbocycles. The standard InChI is InChI=1S/C20H23N5O/c1-16-23-18(15-19(24-16)25-13-5-6-14-25)21-11-12-22-20(26)10-9-17-7-3-2-4-8-17/h2-8,13-15H,9-12H2,1H3,(H,22,26)(H,21,23,24). The predicted molar refractivity (Wildman–Crippen MR) is 102 cm³/mol. The van der Waals surface area contributed by atoms with Crippen LogP contribution in [0.15, 0.2) is 60.9 Å². The highest BCUT2D eigenvalue weighted by Crippen LogP contribution is 2.11. The van der Waals surface area contributed by atoms with Crippen molar-refractivity contribution < 1.29 is 4.79 Å². The molecule has 3 rings (SSSR count). The van der Waals surface area contributed by atoms with Crippen molar-refractivity contribution in [3.05, 3.63) is 72.3 Å². The Labute approximate surface area is 153 Å². The average Bonchev–Trinajstić information content (AvgIpc) is 3.19. The van der Waals surface area contributed by atoms with Crippen LogP contribution in [0.3, 0.4) is 0 Å². The first-order valence-electron chi connectivity index (χ1n) is 8.74. The highest BCUT2D eigenvalue weighted by Gasteiger charge is 2.04. The molecule has 0 bridgehead atoms. The molecule has 0 aliphatic heterocycles. The fraction of sp³-hybridized carbons (Fsp3) is 0.250. The number of rotatable bonds is 8. The van der Waals surface area contributed by atoms with Crippen LogP contribution in [0.4, 0.5) is 5.82 Å². The molecule has 0 radical (unpaired) electrons. The van der Waals surface area contributed by atoms with Gasteiger partial charge in [-0.3, -0.25) is 4.79 Å². The summed E-state index contributed by atoms with van der Waals surface area (Å²) in [4.78, 5) is 20.7. The molecule has 0 saturated heterocycles. The third kappa shape index (κ3) is 5.17. The van der Waals surface area contributed by atoms with E-state index in [0.29, 0.717) is 25.3 Å². The quantitative estimate of drug-likeness (QED) is 0.614. The van der Waals surface area contributed by atoms with Crippen LogP contribution in [0, 0.1) is 6.92 Å². The van der Waals surface area contributed by atoms with Crippen LogP contribution in [0.2, 0.25) is 0 Å². The molecule has 0 aliphatic carbocycles. The Kier molecular flexibility index (Phi) is 5.98. The Bertz CT molecular complexity index is 831. The van der Waals surface area contributed by atoms with Crippen molar-refractivity contribution in [1.29, 1.82) is 0 Å². The zero-order valence-electron chi connectivity index (χ0n) is 14.9. The highest BCUT2D eigenvalue weighted by atomic mass is 16.1. The maximum absolute atomic E-state index is 11.9.